The molecule has 0 saturated carbocycles. The summed E-state index contributed by atoms with van der Waals surface area (Å²) in [5.41, 5.74) is 9.00. The molecule has 0 radical (unpaired) electrons. The van der Waals surface area contributed by atoms with Gasteiger partial charge in [-0.25, -0.2) is 4.99 Å². The van der Waals surface area contributed by atoms with Crippen LogP contribution >= 0.6 is 11.6 Å². The predicted molar refractivity (Wildman–Crippen MR) is 125 cm³/mol. The van der Waals surface area contributed by atoms with E-state index in [0.29, 0.717) is 11.6 Å². The first-order valence-electron chi connectivity index (χ1n) is 10.3. The molecule has 0 bridgehead atoms. The van der Waals surface area contributed by atoms with Crippen LogP contribution in [0.25, 0.3) is 5.70 Å². The fourth-order valence-electron chi connectivity index (χ4n) is 4.16. The van der Waals surface area contributed by atoms with Gasteiger partial charge in [-0.3, -0.25) is 0 Å². The fourth-order valence-corrected chi connectivity index (χ4v) is 4.40. The highest BCUT2D eigenvalue weighted by molar-refractivity contribution is 6.31. The van der Waals surface area contributed by atoms with Gasteiger partial charge >= 0.3 is 0 Å². The van der Waals surface area contributed by atoms with Crippen LogP contribution in [0, 0.1) is 13.8 Å². The molecular weight excluding hydrogens is 378 g/mol. The van der Waals surface area contributed by atoms with E-state index in [4.69, 9.17) is 16.6 Å². The molecule has 150 valence electrons. The van der Waals surface area contributed by atoms with Crippen molar-refractivity contribution in [2.45, 2.75) is 46.1 Å². The standard InChI is InChI=1S/C25H28ClN3/c1-16-10-11-23(17(2)12-16)27-15-20-13-21(26)14-22-18(3)29(4)25(28-24(20)22)19-8-6-5-7-9-19/h8,10-14,27H,3,5-7,9,15H2,1-2,4H3. The molecule has 1 heterocycles. The SMILES string of the molecule is C=C1c2cc(Cl)cc(CNc3ccc(C)cc3C)c2N=C(C2=CCCCC2)N1C. The van der Waals surface area contributed by atoms with Gasteiger partial charge in [0, 0.05) is 35.6 Å². The van der Waals surface area contributed by atoms with E-state index in [2.05, 4.69) is 54.9 Å². The maximum absolute atomic E-state index is 6.47. The lowest BCUT2D eigenvalue weighted by Gasteiger charge is -2.32. The number of aryl methyl sites for hydroxylation is 2. The summed E-state index contributed by atoms with van der Waals surface area (Å²) in [6.07, 6.45) is 7.03. The summed E-state index contributed by atoms with van der Waals surface area (Å²) >= 11 is 6.47. The molecule has 0 aromatic heterocycles. The lowest BCUT2D eigenvalue weighted by atomic mass is 9.95. The number of allylic oxidation sites excluding steroid dienone is 1. The number of hydrogen-bond donors (Lipinski definition) is 1. The van der Waals surface area contributed by atoms with Crippen molar-refractivity contribution in [3.63, 3.8) is 0 Å². The average Bonchev–Trinajstić information content (AvgIpc) is 2.71. The zero-order valence-electron chi connectivity index (χ0n) is 17.5. The van der Waals surface area contributed by atoms with Crippen LogP contribution < -0.4 is 5.32 Å². The molecule has 0 atom stereocenters. The molecule has 2 aliphatic rings. The van der Waals surface area contributed by atoms with Gasteiger partial charge in [0.05, 0.1) is 5.69 Å². The summed E-state index contributed by atoms with van der Waals surface area (Å²) in [6.45, 7) is 9.25. The minimum Gasteiger partial charge on any atom is -0.381 e. The van der Waals surface area contributed by atoms with E-state index in [0.717, 1.165) is 46.9 Å². The van der Waals surface area contributed by atoms with Gasteiger partial charge in [-0.15, -0.1) is 0 Å². The van der Waals surface area contributed by atoms with Crippen LogP contribution in [0.1, 0.15) is 47.9 Å². The predicted octanol–water partition coefficient (Wildman–Crippen LogP) is 7.02. The van der Waals surface area contributed by atoms with Crippen LogP contribution in [0.15, 0.2) is 53.6 Å². The minimum atomic E-state index is 0.666. The van der Waals surface area contributed by atoms with E-state index in [1.807, 2.05) is 19.2 Å². The number of benzene rings is 2. The third-order valence-corrected chi connectivity index (χ3v) is 6.05. The van der Waals surface area contributed by atoms with Gasteiger partial charge in [0.25, 0.3) is 0 Å². The Labute approximate surface area is 178 Å². The van der Waals surface area contributed by atoms with Gasteiger partial charge in [-0.2, -0.15) is 0 Å². The average molecular weight is 406 g/mol. The number of nitrogens with zero attached hydrogens (tertiary/aromatic N) is 2. The molecule has 0 fully saturated rings. The molecule has 2 aromatic carbocycles. The zero-order chi connectivity index (χ0) is 20.5. The van der Waals surface area contributed by atoms with Crippen LogP contribution in [0.4, 0.5) is 11.4 Å². The highest BCUT2D eigenvalue weighted by Crippen LogP contribution is 2.40. The summed E-state index contributed by atoms with van der Waals surface area (Å²) in [5.74, 6) is 1.03. The first-order chi connectivity index (χ1) is 13.9. The lowest BCUT2D eigenvalue weighted by Crippen LogP contribution is -2.30. The molecule has 4 heteroatoms. The van der Waals surface area contributed by atoms with Crippen molar-refractivity contribution in [3.05, 3.63) is 75.8 Å². The Hall–Kier alpha value is -2.52. The molecule has 1 aliphatic carbocycles. The second-order valence-electron chi connectivity index (χ2n) is 8.05. The number of halogens is 1. The second-order valence-corrected chi connectivity index (χ2v) is 8.49. The topological polar surface area (TPSA) is 27.6 Å². The van der Waals surface area contributed by atoms with Crippen LogP contribution in [0.3, 0.4) is 0 Å². The Morgan fingerprint density at radius 3 is 2.72 bits per heavy atom. The van der Waals surface area contributed by atoms with Crippen molar-refractivity contribution in [3.8, 4) is 0 Å². The van der Waals surface area contributed by atoms with Crippen molar-refractivity contribution in [2.24, 2.45) is 4.99 Å². The number of likely N-dealkylation sites (N-methyl/N-ethyl adjacent to an activating group) is 1. The van der Waals surface area contributed by atoms with E-state index >= 15 is 0 Å². The molecule has 1 aliphatic heterocycles. The van der Waals surface area contributed by atoms with Crippen LogP contribution in [0.2, 0.25) is 5.02 Å². The van der Waals surface area contributed by atoms with Crippen molar-refractivity contribution in [1.29, 1.82) is 0 Å². The summed E-state index contributed by atoms with van der Waals surface area (Å²) < 4.78 is 0. The molecular formula is C25H28ClN3. The third-order valence-electron chi connectivity index (χ3n) is 5.83. The zero-order valence-corrected chi connectivity index (χ0v) is 18.2. The summed E-state index contributed by atoms with van der Waals surface area (Å²) in [6, 6.07) is 10.5. The lowest BCUT2D eigenvalue weighted by molar-refractivity contribution is 0.671. The van der Waals surface area contributed by atoms with E-state index in [1.165, 1.54) is 29.5 Å². The Kier molecular flexibility index (Phi) is 5.51. The Morgan fingerprint density at radius 1 is 1.17 bits per heavy atom. The number of fused-ring (bicyclic) bond motifs is 1. The number of aliphatic imine (C=N–C) groups is 1. The Balaban J connectivity index is 1.72. The highest BCUT2D eigenvalue weighted by atomic mass is 35.5. The van der Waals surface area contributed by atoms with Gasteiger partial charge in [0.1, 0.15) is 5.84 Å². The Morgan fingerprint density at radius 2 is 2.00 bits per heavy atom. The minimum absolute atomic E-state index is 0.666. The van der Waals surface area contributed by atoms with Crippen molar-refractivity contribution in [2.75, 3.05) is 12.4 Å². The molecule has 0 spiro atoms. The van der Waals surface area contributed by atoms with Crippen LogP contribution in [0.5, 0.6) is 0 Å². The van der Waals surface area contributed by atoms with Gasteiger partial charge < -0.3 is 10.2 Å². The van der Waals surface area contributed by atoms with Crippen molar-refractivity contribution in [1.82, 2.24) is 4.90 Å². The number of amidine groups is 1. The maximum Gasteiger partial charge on any atom is 0.136 e. The Bertz CT molecular complexity index is 1030. The first-order valence-corrected chi connectivity index (χ1v) is 10.7. The van der Waals surface area contributed by atoms with Gasteiger partial charge in [0.2, 0.25) is 0 Å². The first kappa shape index (κ1) is 19.8. The third kappa shape index (κ3) is 3.97. The number of nitrogens with one attached hydrogen (secondary N) is 1. The van der Waals surface area contributed by atoms with Crippen molar-refractivity contribution >= 4 is 34.5 Å². The van der Waals surface area contributed by atoms with E-state index in [-0.39, 0.29) is 0 Å². The maximum atomic E-state index is 6.47. The summed E-state index contributed by atoms with van der Waals surface area (Å²) in [5, 5.41) is 4.28. The number of anilines is 1. The monoisotopic (exact) mass is 405 g/mol. The van der Waals surface area contributed by atoms with Crippen molar-refractivity contribution < 1.29 is 0 Å². The molecule has 0 saturated heterocycles. The highest BCUT2D eigenvalue weighted by Gasteiger charge is 2.26. The van der Waals surface area contributed by atoms with E-state index < -0.39 is 0 Å². The fraction of sp³-hybridized carbons (Fsp3) is 0.320. The molecule has 1 N–H and O–H groups in total. The van der Waals surface area contributed by atoms with Gasteiger partial charge in [0.15, 0.2) is 0 Å². The quantitative estimate of drug-likeness (QED) is 0.592. The second kappa shape index (κ2) is 8.08. The van der Waals surface area contributed by atoms with Gasteiger partial charge in [-0.05, 0) is 74.4 Å². The van der Waals surface area contributed by atoms with E-state index in [9.17, 15) is 0 Å². The smallest absolute Gasteiger partial charge is 0.136 e. The number of rotatable bonds is 4. The van der Waals surface area contributed by atoms with Crippen LogP contribution in [-0.2, 0) is 6.54 Å². The molecule has 0 amide bonds. The van der Waals surface area contributed by atoms with Crippen LogP contribution in [-0.4, -0.2) is 17.8 Å². The van der Waals surface area contributed by atoms with E-state index in [1.54, 1.807) is 0 Å². The molecule has 3 nitrogen and oxygen atoms in total. The molecule has 0 unspecified atom stereocenters. The number of hydrogen-bond acceptors (Lipinski definition) is 3. The largest absolute Gasteiger partial charge is 0.381 e. The summed E-state index contributed by atoms with van der Waals surface area (Å²) in [7, 11) is 2.05. The summed E-state index contributed by atoms with van der Waals surface area (Å²) in [4.78, 5) is 7.21. The molecule has 2 aromatic rings. The molecule has 4 rings (SSSR count). The normalized spacial score (nSPS) is 16.3. The van der Waals surface area contributed by atoms with Gasteiger partial charge in [-0.1, -0.05) is 42.0 Å². The molecule has 29 heavy (non-hydrogen) atoms.